The van der Waals surface area contributed by atoms with E-state index in [9.17, 15) is 18.4 Å². The number of carbonyl (C=O) groups excluding carboxylic acids is 2. The molecule has 31 heavy (non-hydrogen) atoms. The van der Waals surface area contributed by atoms with Crippen LogP contribution in [0.25, 0.3) is 0 Å². The van der Waals surface area contributed by atoms with Gasteiger partial charge in [-0.25, -0.2) is 13.8 Å². The number of anilines is 1. The first kappa shape index (κ1) is 22.9. The molecule has 1 heterocycles. The molecule has 3 aromatic rings. The van der Waals surface area contributed by atoms with Gasteiger partial charge in [0, 0.05) is 21.7 Å². The minimum Gasteiger partial charge on any atom is -0.340 e. The molecule has 0 saturated carbocycles. The number of rotatable bonds is 7. The molecular formula is C22H21F2N3O2S2. The maximum Gasteiger partial charge on any atom is 0.257 e. The number of thiazole rings is 1. The third-order valence-corrected chi connectivity index (χ3v) is 6.41. The Labute approximate surface area is 187 Å². The Morgan fingerprint density at radius 1 is 1.06 bits per heavy atom. The lowest BCUT2D eigenvalue weighted by Crippen LogP contribution is -2.47. The highest BCUT2D eigenvalue weighted by atomic mass is 32.2. The van der Waals surface area contributed by atoms with Crippen molar-refractivity contribution >= 4 is 40.6 Å². The predicted octanol–water partition coefficient (Wildman–Crippen LogP) is 5.27. The Morgan fingerprint density at radius 2 is 1.71 bits per heavy atom. The van der Waals surface area contributed by atoms with Gasteiger partial charge in [-0.2, -0.15) is 0 Å². The van der Waals surface area contributed by atoms with E-state index in [2.05, 4.69) is 15.6 Å². The Hall–Kier alpha value is -2.78. The van der Waals surface area contributed by atoms with Crippen LogP contribution in [0.5, 0.6) is 0 Å². The molecule has 0 unspecified atom stereocenters. The normalized spacial score (nSPS) is 11.9. The van der Waals surface area contributed by atoms with Crippen molar-refractivity contribution in [2.45, 2.75) is 36.0 Å². The van der Waals surface area contributed by atoms with Crippen LogP contribution in [0.2, 0.25) is 0 Å². The van der Waals surface area contributed by atoms with Gasteiger partial charge in [0.1, 0.15) is 23.2 Å². The maximum atomic E-state index is 13.9. The van der Waals surface area contributed by atoms with Gasteiger partial charge in [0.05, 0.1) is 0 Å². The van der Waals surface area contributed by atoms with Crippen LogP contribution in [0.15, 0.2) is 57.1 Å². The second kappa shape index (κ2) is 10.0. The van der Waals surface area contributed by atoms with E-state index in [0.29, 0.717) is 5.69 Å². The van der Waals surface area contributed by atoms with Crippen LogP contribution in [0, 0.1) is 24.5 Å². The van der Waals surface area contributed by atoms with Crippen LogP contribution in [-0.2, 0) is 4.79 Å². The van der Waals surface area contributed by atoms with Gasteiger partial charge in [-0.3, -0.25) is 9.59 Å². The molecule has 0 radical (unpaired) electrons. The molecule has 2 N–H and O–H groups in total. The first-order chi connectivity index (χ1) is 14.7. The molecule has 0 bridgehead atoms. The summed E-state index contributed by atoms with van der Waals surface area (Å²) in [5, 5.41) is 7.16. The molecule has 0 aliphatic carbocycles. The van der Waals surface area contributed by atoms with Crippen LogP contribution in [0.4, 0.5) is 14.5 Å². The van der Waals surface area contributed by atoms with Crippen molar-refractivity contribution in [1.82, 2.24) is 10.3 Å². The SMILES string of the molecule is Cc1csc(Sc2ccc(NC(=O)[C@@H](NC(=O)c3c(F)cccc3F)C(C)C)cc2)n1. The molecule has 162 valence electrons. The third kappa shape index (κ3) is 5.89. The standard InChI is InChI=1S/C22H21F2N3O2S2/c1-12(2)19(27-20(28)18-16(23)5-4-6-17(18)24)21(29)26-14-7-9-15(10-8-14)31-22-25-13(3)11-30-22/h4-12,19H,1-3H3,(H,26,29)(H,27,28)/t19-/m0/s1. The Bertz CT molecular complexity index is 1060. The molecule has 5 nitrogen and oxygen atoms in total. The molecule has 0 fully saturated rings. The topological polar surface area (TPSA) is 71.1 Å². The number of hydrogen-bond acceptors (Lipinski definition) is 5. The fraction of sp³-hybridized carbons (Fsp3) is 0.227. The summed E-state index contributed by atoms with van der Waals surface area (Å²) < 4.78 is 28.7. The van der Waals surface area contributed by atoms with Gasteiger partial charge in [-0.15, -0.1) is 11.3 Å². The summed E-state index contributed by atoms with van der Waals surface area (Å²) in [4.78, 5) is 30.5. The number of aryl methyl sites for hydroxylation is 1. The number of carbonyl (C=O) groups is 2. The van der Waals surface area contributed by atoms with Crippen LogP contribution in [0.1, 0.15) is 29.9 Å². The molecule has 2 amide bonds. The summed E-state index contributed by atoms with van der Waals surface area (Å²) in [7, 11) is 0. The van der Waals surface area contributed by atoms with Gasteiger partial charge in [0.15, 0.2) is 4.34 Å². The molecule has 0 saturated heterocycles. The number of hydrogen-bond donors (Lipinski definition) is 2. The van der Waals surface area contributed by atoms with Crippen LogP contribution in [-0.4, -0.2) is 22.8 Å². The average molecular weight is 462 g/mol. The highest BCUT2D eigenvalue weighted by Crippen LogP contribution is 2.30. The van der Waals surface area contributed by atoms with Gasteiger partial charge >= 0.3 is 0 Å². The number of nitrogens with zero attached hydrogens (tertiary/aromatic N) is 1. The summed E-state index contributed by atoms with van der Waals surface area (Å²) >= 11 is 3.08. The van der Waals surface area contributed by atoms with E-state index in [1.807, 2.05) is 24.4 Å². The molecule has 3 rings (SSSR count). The number of amides is 2. The molecule has 2 aromatic carbocycles. The largest absolute Gasteiger partial charge is 0.340 e. The van der Waals surface area contributed by atoms with Gasteiger partial charge in [0.25, 0.3) is 5.91 Å². The first-order valence-electron chi connectivity index (χ1n) is 9.50. The molecule has 9 heteroatoms. The van der Waals surface area contributed by atoms with Gasteiger partial charge in [0.2, 0.25) is 5.91 Å². The molecular weight excluding hydrogens is 440 g/mol. The van der Waals surface area contributed by atoms with Crippen molar-refractivity contribution in [1.29, 1.82) is 0 Å². The van der Waals surface area contributed by atoms with Crippen molar-refractivity contribution in [2.75, 3.05) is 5.32 Å². The molecule has 0 aliphatic rings. The number of nitrogens with one attached hydrogen (secondary N) is 2. The van der Waals surface area contributed by atoms with Crippen molar-refractivity contribution < 1.29 is 18.4 Å². The Morgan fingerprint density at radius 3 is 2.26 bits per heavy atom. The summed E-state index contributed by atoms with van der Waals surface area (Å²) in [6.45, 7) is 5.40. The third-order valence-electron chi connectivity index (χ3n) is 4.35. The minimum atomic E-state index is -0.982. The van der Waals surface area contributed by atoms with E-state index in [1.54, 1.807) is 37.3 Å². The summed E-state index contributed by atoms with van der Waals surface area (Å²) in [6, 6.07) is 9.39. The fourth-order valence-corrected chi connectivity index (χ4v) is 4.58. The van der Waals surface area contributed by atoms with Gasteiger partial charge in [-0.1, -0.05) is 31.7 Å². The zero-order valence-corrected chi connectivity index (χ0v) is 18.7. The van der Waals surface area contributed by atoms with E-state index in [0.717, 1.165) is 27.1 Å². The van der Waals surface area contributed by atoms with E-state index < -0.39 is 35.1 Å². The van der Waals surface area contributed by atoms with Crippen molar-refractivity contribution in [3.05, 3.63) is 70.7 Å². The second-order valence-corrected chi connectivity index (χ2v) is 9.34. The lowest BCUT2D eigenvalue weighted by molar-refractivity contribution is -0.118. The lowest BCUT2D eigenvalue weighted by Gasteiger charge is -2.22. The fourth-order valence-electron chi connectivity index (χ4n) is 2.77. The molecule has 0 aliphatic heterocycles. The Kier molecular flexibility index (Phi) is 7.40. The highest BCUT2D eigenvalue weighted by Gasteiger charge is 2.27. The first-order valence-corrected chi connectivity index (χ1v) is 11.2. The Balaban J connectivity index is 1.67. The van der Waals surface area contributed by atoms with Gasteiger partial charge < -0.3 is 10.6 Å². The van der Waals surface area contributed by atoms with Crippen LogP contribution >= 0.6 is 23.1 Å². The van der Waals surface area contributed by atoms with Crippen LogP contribution < -0.4 is 10.6 Å². The van der Waals surface area contributed by atoms with Crippen LogP contribution in [0.3, 0.4) is 0 Å². The molecule has 0 spiro atoms. The van der Waals surface area contributed by atoms with Crippen molar-refractivity contribution in [3.8, 4) is 0 Å². The van der Waals surface area contributed by atoms with E-state index in [-0.39, 0.29) is 5.92 Å². The summed E-state index contributed by atoms with van der Waals surface area (Å²) in [5.74, 6) is -3.72. The lowest BCUT2D eigenvalue weighted by atomic mass is 10.0. The van der Waals surface area contributed by atoms with E-state index >= 15 is 0 Å². The monoisotopic (exact) mass is 461 g/mol. The second-order valence-electron chi connectivity index (χ2n) is 7.16. The van der Waals surface area contributed by atoms with Crippen molar-refractivity contribution in [3.63, 3.8) is 0 Å². The number of benzene rings is 2. The summed E-state index contributed by atoms with van der Waals surface area (Å²) in [5.41, 5.74) is 0.801. The van der Waals surface area contributed by atoms with E-state index in [4.69, 9.17) is 0 Å². The number of aromatic nitrogens is 1. The maximum absolute atomic E-state index is 13.9. The number of halogens is 2. The minimum absolute atomic E-state index is 0.304. The molecule has 1 atom stereocenters. The quantitative estimate of drug-likeness (QED) is 0.503. The van der Waals surface area contributed by atoms with Crippen molar-refractivity contribution in [2.24, 2.45) is 5.92 Å². The zero-order valence-electron chi connectivity index (χ0n) is 17.1. The predicted molar refractivity (Wildman–Crippen MR) is 118 cm³/mol. The van der Waals surface area contributed by atoms with Gasteiger partial charge in [-0.05, 0) is 49.2 Å². The average Bonchev–Trinajstić information content (AvgIpc) is 3.11. The molecule has 1 aromatic heterocycles. The summed E-state index contributed by atoms with van der Waals surface area (Å²) in [6.07, 6.45) is 0. The van der Waals surface area contributed by atoms with E-state index in [1.165, 1.54) is 17.8 Å². The highest BCUT2D eigenvalue weighted by molar-refractivity contribution is 8.01. The zero-order chi connectivity index (χ0) is 22.5. The smallest absolute Gasteiger partial charge is 0.257 e.